The Bertz CT molecular complexity index is 1420. The van der Waals surface area contributed by atoms with E-state index in [4.69, 9.17) is 24.1 Å². The Hall–Kier alpha value is -2.53. The van der Waals surface area contributed by atoms with E-state index in [1.54, 1.807) is 7.11 Å². The first-order valence-corrected chi connectivity index (χ1v) is 19.2. The molecule has 8 heteroatoms. The summed E-state index contributed by atoms with van der Waals surface area (Å²) >= 11 is -3.68. The van der Waals surface area contributed by atoms with E-state index >= 15 is 0 Å². The van der Waals surface area contributed by atoms with E-state index < -0.39 is 11.9 Å². The van der Waals surface area contributed by atoms with Crippen molar-refractivity contribution in [3.8, 4) is 5.75 Å². The predicted octanol–water partition coefficient (Wildman–Crippen LogP) is 7.25. The van der Waals surface area contributed by atoms with E-state index in [9.17, 15) is 4.79 Å². The molecule has 3 aromatic rings. The van der Waals surface area contributed by atoms with Gasteiger partial charge in [0.1, 0.15) is 0 Å². The fourth-order valence-corrected chi connectivity index (χ4v) is 11.0. The van der Waals surface area contributed by atoms with Crippen LogP contribution in [0.25, 0.3) is 0 Å². The van der Waals surface area contributed by atoms with E-state index in [-0.39, 0.29) is 12.3 Å². The van der Waals surface area contributed by atoms with Crippen LogP contribution in [0.1, 0.15) is 39.8 Å². The number of benzene rings is 3. The Balaban J connectivity index is 1.81. The number of methoxy groups -OCH3 is 1. The number of amides is 1. The number of nitrogens with one attached hydrogen (secondary N) is 1. The van der Waals surface area contributed by atoms with Gasteiger partial charge in [-0.15, -0.1) is 0 Å². The topological polar surface area (TPSA) is 44.8 Å². The van der Waals surface area contributed by atoms with Crippen LogP contribution in [0.4, 0.5) is 17.1 Å². The van der Waals surface area contributed by atoms with Crippen LogP contribution < -0.4 is 19.9 Å². The van der Waals surface area contributed by atoms with Gasteiger partial charge in [-0.1, -0.05) is 0 Å². The summed E-state index contributed by atoms with van der Waals surface area (Å²) in [7, 11) is 16.3. The molecule has 0 saturated carbocycles. The number of aryl methyl sites for hydroxylation is 6. The summed E-state index contributed by atoms with van der Waals surface area (Å²) in [6.07, 6.45) is 0.119. The molecule has 1 aliphatic heterocycles. The van der Waals surface area contributed by atoms with Gasteiger partial charge in [-0.25, -0.2) is 0 Å². The standard InChI is InChI=1S/C21H26N2.C10H11NO2.2ClH.Ru/c1-14-9-16(3)20(17(4)10-14)22-7-8-23(13-22)21-18(5)11-15(2)12-19(21)6;1-3-10(12)11-8-4-6-9(13-2)7-5-8;;;/h9-12H,7-8H2,1-6H3;1,4-7H,3H2,2H3,(H,11,12);2*1H;/q;;;;+2/p-2. The second kappa shape index (κ2) is 11.9. The molecule has 0 radical (unpaired) electrons. The van der Waals surface area contributed by atoms with E-state index in [1.807, 2.05) is 28.9 Å². The van der Waals surface area contributed by atoms with E-state index in [0.29, 0.717) is 5.69 Å². The van der Waals surface area contributed by atoms with E-state index in [1.165, 1.54) is 33.4 Å². The maximum absolute atomic E-state index is 12.9. The summed E-state index contributed by atoms with van der Waals surface area (Å²) in [5, 5.41) is 2.94. The zero-order valence-corrected chi connectivity index (χ0v) is 26.9. The van der Waals surface area contributed by atoms with Crippen LogP contribution >= 0.6 is 19.4 Å². The Morgan fingerprint density at radius 3 is 1.69 bits per heavy atom. The van der Waals surface area contributed by atoms with Gasteiger partial charge in [-0.2, -0.15) is 0 Å². The number of ether oxygens (including phenoxy) is 1. The SMILES string of the molecule is COc1ccc(NC(=O)C[CH]=[Ru]([Cl])([Cl])=[C]2N(c3c(C)cc(C)cc3C)CCN2c2c(C)cc(C)cc2C)cc1. The zero-order chi connectivity index (χ0) is 28.5. The summed E-state index contributed by atoms with van der Waals surface area (Å²) < 4.78 is 7.98. The number of nitrogens with zero attached hydrogens (tertiary/aromatic N) is 2. The number of halogens is 2. The summed E-state index contributed by atoms with van der Waals surface area (Å²) in [5.41, 5.74) is 10.2. The average Bonchev–Trinajstić information content (AvgIpc) is 3.27. The van der Waals surface area contributed by atoms with Gasteiger partial charge in [0, 0.05) is 0 Å². The first-order valence-electron chi connectivity index (χ1n) is 12.9. The molecule has 1 aliphatic rings. The summed E-state index contributed by atoms with van der Waals surface area (Å²) in [5.74, 6) is 0.573. The number of hydrogen-bond acceptors (Lipinski definition) is 4. The van der Waals surface area contributed by atoms with E-state index in [2.05, 4.69) is 80.9 Å². The van der Waals surface area contributed by atoms with Gasteiger partial charge in [0.2, 0.25) is 0 Å². The zero-order valence-electron chi connectivity index (χ0n) is 23.6. The van der Waals surface area contributed by atoms with Gasteiger partial charge in [0.25, 0.3) is 0 Å². The maximum atomic E-state index is 12.9. The molecule has 0 spiro atoms. The molecule has 1 N–H and O–H groups in total. The molecule has 3 aromatic carbocycles. The molecule has 0 bridgehead atoms. The molecule has 4 rings (SSSR count). The van der Waals surface area contributed by atoms with Gasteiger partial charge in [0.05, 0.1) is 0 Å². The average molecular weight is 656 g/mol. The van der Waals surface area contributed by atoms with Crippen molar-refractivity contribution in [1.29, 1.82) is 0 Å². The van der Waals surface area contributed by atoms with Gasteiger partial charge in [-0.05, 0) is 0 Å². The van der Waals surface area contributed by atoms with Crippen LogP contribution in [0.5, 0.6) is 5.75 Å². The fourth-order valence-electron chi connectivity index (χ4n) is 5.49. The molecule has 210 valence electrons. The van der Waals surface area contributed by atoms with Crippen molar-refractivity contribution in [1.82, 2.24) is 0 Å². The van der Waals surface area contributed by atoms with Crippen LogP contribution in [0.2, 0.25) is 0 Å². The van der Waals surface area contributed by atoms with Gasteiger partial charge in [0.15, 0.2) is 0 Å². The number of anilines is 3. The van der Waals surface area contributed by atoms with Crippen LogP contribution in [0.15, 0.2) is 48.5 Å². The predicted molar refractivity (Wildman–Crippen MR) is 165 cm³/mol. The van der Waals surface area contributed by atoms with Crippen LogP contribution in [-0.2, 0) is 16.7 Å². The molecular formula is C31H37Cl2N3O2Ru. The molecule has 39 heavy (non-hydrogen) atoms. The summed E-state index contributed by atoms with van der Waals surface area (Å²) in [6.45, 7) is 14.3. The van der Waals surface area contributed by atoms with Crippen molar-refractivity contribution in [3.63, 3.8) is 0 Å². The molecule has 1 heterocycles. The molecule has 1 saturated heterocycles. The van der Waals surface area contributed by atoms with Crippen molar-refractivity contribution in [2.45, 2.75) is 48.0 Å². The molecule has 1 fully saturated rings. The third-order valence-corrected chi connectivity index (χ3v) is 12.7. The molecule has 0 aliphatic carbocycles. The van der Waals surface area contributed by atoms with Crippen molar-refractivity contribution in [2.24, 2.45) is 0 Å². The molecule has 0 atom stereocenters. The van der Waals surface area contributed by atoms with Gasteiger partial charge < -0.3 is 0 Å². The molecule has 1 amide bonds. The Morgan fingerprint density at radius 2 is 1.28 bits per heavy atom. The molecule has 5 nitrogen and oxygen atoms in total. The second-order valence-electron chi connectivity index (χ2n) is 10.1. The normalized spacial score (nSPS) is 14.0. The van der Waals surface area contributed by atoms with Crippen molar-refractivity contribution in [2.75, 3.05) is 35.3 Å². The van der Waals surface area contributed by atoms with Crippen LogP contribution in [0, 0.1) is 41.5 Å². The first kappa shape index (κ1) is 29.5. The monoisotopic (exact) mass is 655 g/mol. The van der Waals surface area contributed by atoms with Crippen LogP contribution in [0.3, 0.4) is 0 Å². The Kier molecular flexibility index (Phi) is 9.00. The summed E-state index contributed by atoms with van der Waals surface area (Å²) in [4.78, 5) is 17.5. The van der Waals surface area contributed by atoms with Gasteiger partial charge >= 0.3 is 244 Å². The fraction of sp³-hybridized carbons (Fsp3) is 0.323. The minimum atomic E-state index is -3.68. The number of carbonyl (C=O) groups excluding carboxylic acids is 1. The number of carbonyl (C=O) groups is 1. The molecular weight excluding hydrogens is 618 g/mol. The third-order valence-electron chi connectivity index (χ3n) is 6.81. The first-order chi connectivity index (χ1) is 18.4. The quantitative estimate of drug-likeness (QED) is 0.284. The Morgan fingerprint density at radius 1 is 0.846 bits per heavy atom. The summed E-state index contributed by atoms with van der Waals surface area (Å²) in [6, 6.07) is 16.0. The van der Waals surface area contributed by atoms with Crippen LogP contribution in [-0.4, -0.2) is 35.1 Å². The molecule has 0 unspecified atom stereocenters. The van der Waals surface area contributed by atoms with Crippen molar-refractivity contribution in [3.05, 3.63) is 81.9 Å². The number of rotatable bonds is 6. The van der Waals surface area contributed by atoms with Crippen molar-refractivity contribution < 1.29 is 21.4 Å². The van der Waals surface area contributed by atoms with Gasteiger partial charge in [-0.3, -0.25) is 0 Å². The minimum absolute atomic E-state index is 0.119. The third kappa shape index (κ3) is 6.45. The number of hydrogen-bond donors (Lipinski definition) is 1. The van der Waals surface area contributed by atoms with Crippen molar-refractivity contribution >= 4 is 51.3 Å². The Labute approximate surface area is 242 Å². The molecule has 0 aromatic heterocycles. The second-order valence-corrected chi connectivity index (χ2v) is 19.6. The van der Waals surface area contributed by atoms with E-state index in [0.717, 1.165) is 34.6 Å².